The van der Waals surface area contributed by atoms with Crippen LogP contribution in [0.4, 0.5) is 13.2 Å². The molecule has 0 unspecified atom stereocenters. The van der Waals surface area contributed by atoms with Crippen LogP contribution in [0.15, 0.2) is 42.5 Å². The molecule has 0 spiro atoms. The number of hydrogen-bond donors (Lipinski definition) is 0. The molecule has 3 aromatic rings. The SMILES string of the molecule is COCCc1cc2ccc(-c3ccc(OCC(C)C)cc3)c(F)c2c(F)c1F. The molecular formula is C23H23F3O2. The Morgan fingerprint density at radius 1 is 0.893 bits per heavy atom. The topological polar surface area (TPSA) is 18.5 Å². The van der Waals surface area contributed by atoms with E-state index in [1.165, 1.54) is 13.2 Å². The van der Waals surface area contributed by atoms with Gasteiger partial charge in [-0.15, -0.1) is 0 Å². The van der Waals surface area contributed by atoms with E-state index in [1.807, 2.05) is 13.8 Å². The molecule has 0 aliphatic carbocycles. The Morgan fingerprint density at radius 3 is 2.25 bits per heavy atom. The Labute approximate surface area is 162 Å². The van der Waals surface area contributed by atoms with Crippen LogP contribution in [0.5, 0.6) is 5.75 Å². The second-order valence-electron chi connectivity index (χ2n) is 7.16. The standard InChI is InChI=1S/C23H23F3O2/c1-14(2)13-28-18-7-4-15(5-8-18)19-9-6-16-12-17(10-11-27-3)21(24)23(26)20(16)22(19)25/h4-9,12,14H,10-11,13H2,1-3H3. The molecule has 0 saturated carbocycles. The fourth-order valence-electron chi connectivity index (χ4n) is 3.05. The zero-order valence-corrected chi connectivity index (χ0v) is 16.2. The van der Waals surface area contributed by atoms with Crippen molar-refractivity contribution >= 4 is 10.8 Å². The lowest BCUT2D eigenvalue weighted by Gasteiger charge is -2.12. The van der Waals surface area contributed by atoms with Crippen molar-refractivity contribution in [3.05, 3.63) is 65.5 Å². The van der Waals surface area contributed by atoms with Gasteiger partial charge in [-0.1, -0.05) is 38.1 Å². The van der Waals surface area contributed by atoms with E-state index in [1.54, 1.807) is 36.4 Å². The van der Waals surface area contributed by atoms with Crippen LogP contribution in [0.25, 0.3) is 21.9 Å². The van der Waals surface area contributed by atoms with Gasteiger partial charge in [0.25, 0.3) is 0 Å². The molecule has 3 rings (SSSR count). The van der Waals surface area contributed by atoms with Gasteiger partial charge < -0.3 is 9.47 Å². The predicted molar refractivity (Wildman–Crippen MR) is 105 cm³/mol. The van der Waals surface area contributed by atoms with Crippen LogP contribution in [0.3, 0.4) is 0 Å². The van der Waals surface area contributed by atoms with E-state index in [0.29, 0.717) is 29.2 Å². The van der Waals surface area contributed by atoms with Crippen molar-refractivity contribution in [1.29, 1.82) is 0 Å². The third-order valence-corrected chi connectivity index (χ3v) is 4.52. The summed E-state index contributed by atoms with van der Waals surface area (Å²) in [7, 11) is 1.49. The van der Waals surface area contributed by atoms with Crippen molar-refractivity contribution in [3.8, 4) is 16.9 Å². The molecule has 0 fully saturated rings. The van der Waals surface area contributed by atoms with Gasteiger partial charge in [-0.3, -0.25) is 0 Å². The highest BCUT2D eigenvalue weighted by Crippen LogP contribution is 2.33. The minimum Gasteiger partial charge on any atom is -0.493 e. The molecule has 0 saturated heterocycles. The average molecular weight is 388 g/mol. The fraction of sp³-hybridized carbons (Fsp3) is 0.304. The van der Waals surface area contributed by atoms with Gasteiger partial charge in [0.1, 0.15) is 11.6 Å². The highest BCUT2D eigenvalue weighted by Gasteiger charge is 2.19. The normalized spacial score (nSPS) is 11.4. The van der Waals surface area contributed by atoms with E-state index in [-0.39, 0.29) is 29.5 Å². The second kappa shape index (κ2) is 8.65. The van der Waals surface area contributed by atoms with Crippen molar-refractivity contribution in [3.63, 3.8) is 0 Å². The lowest BCUT2D eigenvalue weighted by molar-refractivity contribution is 0.201. The number of hydrogen-bond acceptors (Lipinski definition) is 2. The maximum atomic E-state index is 15.1. The quantitative estimate of drug-likeness (QED) is 0.483. The number of ether oxygens (including phenoxy) is 2. The molecule has 148 valence electrons. The zero-order chi connectivity index (χ0) is 20.3. The third kappa shape index (κ3) is 4.14. The van der Waals surface area contributed by atoms with Gasteiger partial charge in [-0.25, -0.2) is 13.2 Å². The number of fused-ring (bicyclic) bond motifs is 1. The maximum absolute atomic E-state index is 15.1. The molecule has 0 atom stereocenters. The van der Waals surface area contributed by atoms with Crippen LogP contribution in [-0.2, 0) is 11.2 Å². The summed E-state index contributed by atoms with van der Waals surface area (Å²) in [5.74, 6) is -1.90. The van der Waals surface area contributed by atoms with E-state index >= 15 is 4.39 Å². The summed E-state index contributed by atoms with van der Waals surface area (Å²) in [5, 5.41) is -0.0144. The van der Waals surface area contributed by atoms with Gasteiger partial charge in [0, 0.05) is 12.7 Å². The molecule has 0 aliphatic rings. The largest absolute Gasteiger partial charge is 0.493 e. The van der Waals surface area contributed by atoms with Crippen LogP contribution in [-0.4, -0.2) is 20.3 Å². The molecule has 0 bridgehead atoms. The van der Waals surface area contributed by atoms with Gasteiger partial charge in [0.15, 0.2) is 11.6 Å². The number of rotatable bonds is 7. The number of methoxy groups -OCH3 is 1. The minimum absolute atomic E-state index is 0.172. The number of halogens is 3. The van der Waals surface area contributed by atoms with E-state index < -0.39 is 17.5 Å². The van der Waals surface area contributed by atoms with Crippen LogP contribution in [0.2, 0.25) is 0 Å². The molecule has 5 heteroatoms. The molecule has 3 aromatic carbocycles. The fourth-order valence-corrected chi connectivity index (χ4v) is 3.05. The molecule has 28 heavy (non-hydrogen) atoms. The van der Waals surface area contributed by atoms with E-state index in [4.69, 9.17) is 9.47 Å². The Morgan fingerprint density at radius 2 is 1.61 bits per heavy atom. The zero-order valence-electron chi connectivity index (χ0n) is 16.2. The van der Waals surface area contributed by atoms with E-state index in [2.05, 4.69) is 0 Å². The number of benzene rings is 3. The lowest BCUT2D eigenvalue weighted by Crippen LogP contribution is -2.04. The Kier molecular flexibility index (Phi) is 6.25. The van der Waals surface area contributed by atoms with Crippen LogP contribution in [0.1, 0.15) is 19.4 Å². The summed E-state index contributed by atoms with van der Waals surface area (Å²) in [5.41, 5.74) is 0.955. The van der Waals surface area contributed by atoms with Crippen LogP contribution < -0.4 is 4.74 Å². The molecule has 0 radical (unpaired) electrons. The van der Waals surface area contributed by atoms with Gasteiger partial charge >= 0.3 is 0 Å². The Balaban J connectivity index is 1.99. The van der Waals surface area contributed by atoms with Gasteiger partial charge in [0.2, 0.25) is 0 Å². The smallest absolute Gasteiger partial charge is 0.169 e. The summed E-state index contributed by atoms with van der Waals surface area (Å²) in [6, 6.07) is 11.6. The van der Waals surface area contributed by atoms with Crippen molar-refractivity contribution in [2.75, 3.05) is 20.3 Å². The summed E-state index contributed by atoms with van der Waals surface area (Å²) in [6.45, 7) is 4.94. The first-order valence-corrected chi connectivity index (χ1v) is 9.23. The summed E-state index contributed by atoms with van der Waals surface area (Å²) in [6.07, 6.45) is 0.219. The molecule has 2 nitrogen and oxygen atoms in total. The van der Waals surface area contributed by atoms with Gasteiger partial charge in [-0.2, -0.15) is 0 Å². The average Bonchev–Trinajstić information content (AvgIpc) is 2.68. The van der Waals surface area contributed by atoms with Gasteiger partial charge in [-0.05, 0) is 47.1 Å². The van der Waals surface area contributed by atoms with Crippen molar-refractivity contribution in [2.45, 2.75) is 20.3 Å². The Bertz CT molecular complexity index is 966. The maximum Gasteiger partial charge on any atom is 0.169 e. The highest BCUT2D eigenvalue weighted by atomic mass is 19.2. The summed E-state index contributed by atoms with van der Waals surface area (Å²) < 4.78 is 54.6. The third-order valence-electron chi connectivity index (χ3n) is 4.52. The summed E-state index contributed by atoms with van der Waals surface area (Å²) >= 11 is 0. The highest BCUT2D eigenvalue weighted by molar-refractivity contribution is 5.89. The van der Waals surface area contributed by atoms with Crippen molar-refractivity contribution in [2.24, 2.45) is 5.92 Å². The molecule has 0 heterocycles. The molecular weight excluding hydrogens is 365 g/mol. The minimum atomic E-state index is -1.17. The van der Waals surface area contributed by atoms with E-state index in [9.17, 15) is 8.78 Å². The van der Waals surface area contributed by atoms with Crippen molar-refractivity contribution in [1.82, 2.24) is 0 Å². The van der Waals surface area contributed by atoms with Gasteiger partial charge in [0.05, 0.1) is 18.6 Å². The molecule has 0 aromatic heterocycles. The molecule has 0 N–H and O–H groups in total. The molecule has 0 aliphatic heterocycles. The van der Waals surface area contributed by atoms with Crippen LogP contribution in [0, 0.1) is 23.4 Å². The lowest BCUT2D eigenvalue weighted by atomic mass is 9.97. The first kappa shape index (κ1) is 20.2. The monoisotopic (exact) mass is 388 g/mol. The first-order chi connectivity index (χ1) is 13.4. The van der Waals surface area contributed by atoms with Crippen molar-refractivity contribution < 1.29 is 22.6 Å². The summed E-state index contributed by atoms with van der Waals surface area (Å²) in [4.78, 5) is 0. The Hall–Kier alpha value is -2.53. The first-order valence-electron chi connectivity index (χ1n) is 9.23. The second-order valence-corrected chi connectivity index (χ2v) is 7.16. The van der Waals surface area contributed by atoms with Crippen LogP contribution >= 0.6 is 0 Å². The van der Waals surface area contributed by atoms with E-state index in [0.717, 1.165) is 0 Å². The predicted octanol–water partition coefficient (Wildman–Crippen LogP) is 6.15. The molecule has 0 amide bonds.